The summed E-state index contributed by atoms with van der Waals surface area (Å²) in [7, 11) is -2.01. The summed E-state index contributed by atoms with van der Waals surface area (Å²) in [5.41, 5.74) is 1.56. The summed E-state index contributed by atoms with van der Waals surface area (Å²) >= 11 is 1.63. The van der Waals surface area contributed by atoms with Crippen LogP contribution in [0, 0.1) is 16.7 Å². The zero-order chi connectivity index (χ0) is 25.7. The highest BCUT2D eigenvalue weighted by Crippen LogP contribution is 2.50. The molecular formula is C26H41N3O3S2. The lowest BCUT2D eigenvalue weighted by Gasteiger charge is -2.52. The number of hydrogen-bond donors (Lipinski definition) is 0. The van der Waals surface area contributed by atoms with Gasteiger partial charge in [-0.15, -0.1) is 0 Å². The third kappa shape index (κ3) is 5.27. The zero-order valence-corrected chi connectivity index (χ0v) is 24.0. The lowest BCUT2D eigenvalue weighted by Crippen LogP contribution is -2.59. The molecule has 190 valence electrons. The van der Waals surface area contributed by atoms with Crippen molar-refractivity contribution in [2.45, 2.75) is 72.7 Å². The summed E-state index contributed by atoms with van der Waals surface area (Å²) in [6.07, 6.45) is 4.09. The lowest BCUT2D eigenvalue weighted by molar-refractivity contribution is 0.133. The van der Waals surface area contributed by atoms with Crippen molar-refractivity contribution >= 4 is 27.6 Å². The molecule has 0 aromatic heterocycles. The van der Waals surface area contributed by atoms with Crippen LogP contribution in [0.15, 0.2) is 41.2 Å². The number of fused-ring (bicyclic) bond motifs is 1. The number of ether oxygens (including phenoxy) is 1. The Hall–Kier alpha value is -1.67. The molecule has 0 radical (unpaired) electrons. The third-order valence-corrected chi connectivity index (χ3v) is 9.46. The van der Waals surface area contributed by atoms with E-state index >= 15 is 0 Å². The maximum Gasteiger partial charge on any atom is 0.258 e. The fourth-order valence-corrected chi connectivity index (χ4v) is 6.85. The maximum absolute atomic E-state index is 13.9. The van der Waals surface area contributed by atoms with Gasteiger partial charge in [0, 0.05) is 18.7 Å². The SMILES string of the molecule is COc1ccc(CN2C=C3C(C(C)(C)C)C(C(C)(C)C)N=C(C(C)(C)SC)N3S(=O)(=O)C2)cc1. The summed E-state index contributed by atoms with van der Waals surface area (Å²) in [5.74, 6) is 1.29. The molecule has 0 spiro atoms. The third-order valence-electron chi connectivity index (χ3n) is 6.66. The van der Waals surface area contributed by atoms with Crippen LogP contribution >= 0.6 is 11.8 Å². The molecule has 2 aliphatic heterocycles. The van der Waals surface area contributed by atoms with Gasteiger partial charge in [-0.1, -0.05) is 53.7 Å². The van der Waals surface area contributed by atoms with Gasteiger partial charge in [0.15, 0.2) is 0 Å². The Morgan fingerprint density at radius 1 is 1.03 bits per heavy atom. The van der Waals surface area contributed by atoms with Crippen LogP contribution in [0.3, 0.4) is 0 Å². The summed E-state index contributed by atoms with van der Waals surface area (Å²) in [5, 5.41) is 0. The molecule has 2 heterocycles. The van der Waals surface area contributed by atoms with E-state index in [0.29, 0.717) is 12.4 Å². The number of hydrogen-bond acceptors (Lipinski definition) is 6. The minimum absolute atomic E-state index is 0.0486. The topological polar surface area (TPSA) is 62.2 Å². The molecule has 0 amide bonds. The average molecular weight is 508 g/mol. The zero-order valence-electron chi connectivity index (χ0n) is 22.3. The highest BCUT2D eigenvalue weighted by molar-refractivity contribution is 8.00. The van der Waals surface area contributed by atoms with Crippen LogP contribution in [0.1, 0.15) is 61.0 Å². The van der Waals surface area contributed by atoms with E-state index in [1.165, 1.54) is 0 Å². The molecule has 0 saturated heterocycles. The minimum atomic E-state index is -3.65. The number of aliphatic imine (C=N–C) groups is 1. The quantitative estimate of drug-likeness (QED) is 0.521. The molecule has 0 bridgehead atoms. The number of amidine groups is 1. The van der Waals surface area contributed by atoms with Crippen molar-refractivity contribution in [3.63, 3.8) is 0 Å². The predicted molar refractivity (Wildman–Crippen MR) is 143 cm³/mol. The van der Waals surface area contributed by atoms with E-state index in [4.69, 9.17) is 9.73 Å². The Labute approximate surface area is 210 Å². The second kappa shape index (κ2) is 9.08. The van der Waals surface area contributed by atoms with Crippen molar-refractivity contribution in [2.24, 2.45) is 21.7 Å². The highest BCUT2D eigenvalue weighted by atomic mass is 32.2. The van der Waals surface area contributed by atoms with Gasteiger partial charge in [0.1, 0.15) is 17.5 Å². The number of nitrogens with zero attached hydrogens (tertiary/aromatic N) is 3. The second-order valence-corrected chi connectivity index (χ2v) is 15.2. The molecule has 2 atom stereocenters. The molecule has 1 aromatic rings. The lowest BCUT2D eigenvalue weighted by atomic mass is 9.66. The van der Waals surface area contributed by atoms with Crippen LogP contribution in [0.25, 0.3) is 0 Å². The van der Waals surface area contributed by atoms with Gasteiger partial charge in [-0.05, 0) is 48.6 Å². The molecule has 2 aliphatic rings. The van der Waals surface area contributed by atoms with Crippen molar-refractivity contribution in [1.82, 2.24) is 9.21 Å². The van der Waals surface area contributed by atoms with Crippen LogP contribution < -0.4 is 4.74 Å². The van der Waals surface area contributed by atoms with E-state index in [-0.39, 0.29) is 28.7 Å². The van der Waals surface area contributed by atoms with Crippen molar-refractivity contribution < 1.29 is 13.2 Å². The van der Waals surface area contributed by atoms with Gasteiger partial charge in [-0.25, -0.2) is 12.7 Å². The van der Waals surface area contributed by atoms with Gasteiger partial charge >= 0.3 is 0 Å². The number of rotatable bonds is 5. The molecule has 8 heteroatoms. The fraction of sp³-hybridized carbons (Fsp3) is 0.654. The van der Waals surface area contributed by atoms with Crippen molar-refractivity contribution in [2.75, 3.05) is 19.2 Å². The monoisotopic (exact) mass is 507 g/mol. The Morgan fingerprint density at radius 3 is 2.09 bits per heavy atom. The number of methoxy groups -OCH3 is 1. The van der Waals surface area contributed by atoms with Gasteiger partial charge in [-0.2, -0.15) is 11.8 Å². The van der Waals surface area contributed by atoms with E-state index < -0.39 is 14.8 Å². The number of sulfonamides is 1. The maximum atomic E-state index is 13.9. The molecule has 0 aliphatic carbocycles. The van der Waals surface area contributed by atoms with E-state index in [1.54, 1.807) is 23.2 Å². The standard InChI is InChI=1S/C26H41N3O3S2/c1-24(2,3)21-20-16-28(15-18-11-13-19(32-9)14-12-18)17-34(30,31)29(20)23(26(7,8)33-10)27-22(21)25(4,5)6/h11-14,16,21-22H,15,17H2,1-10H3. The first-order valence-electron chi connectivity index (χ1n) is 11.8. The van der Waals surface area contributed by atoms with E-state index in [9.17, 15) is 8.42 Å². The van der Waals surface area contributed by atoms with Gasteiger partial charge < -0.3 is 9.64 Å². The molecule has 2 unspecified atom stereocenters. The van der Waals surface area contributed by atoms with Crippen molar-refractivity contribution in [1.29, 1.82) is 0 Å². The predicted octanol–water partition coefficient (Wildman–Crippen LogP) is 5.57. The Bertz CT molecular complexity index is 1060. The summed E-state index contributed by atoms with van der Waals surface area (Å²) in [4.78, 5) is 7.15. The summed E-state index contributed by atoms with van der Waals surface area (Å²) in [6, 6.07) is 7.74. The number of thioether (sulfide) groups is 1. The van der Waals surface area contributed by atoms with E-state index in [0.717, 1.165) is 17.0 Å². The highest BCUT2D eigenvalue weighted by Gasteiger charge is 2.53. The first-order valence-corrected chi connectivity index (χ1v) is 14.6. The molecule has 3 rings (SSSR count). The van der Waals surface area contributed by atoms with Gasteiger partial charge in [0.25, 0.3) is 10.0 Å². The summed E-state index contributed by atoms with van der Waals surface area (Å²) in [6.45, 7) is 17.8. The summed E-state index contributed by atoms with van der Waals surface area (Å²) < 4.78 is 34.1. The molecule has 0 saturated carbocycles. The normalized spacial score (nSPS) is 23.2. The van der Waals surface area contributed by atoms with Gasteiger partial charge in [0.05, 0.1) is 23.6 Å². The van der Waals surface area contributed by atoms with Crippen LogP contribution in [0.2, 0.25) is 0 Å². The minimum Gasteiger partial charge on any atom is -0.497 e. The molecule has 1 aromatic carbocycles. The number of benzene rings is 1. The van der Waals surface area contributed by atoms with Crippen LogP contribution in [0.5, 0.6) is 5.75 Å². The largest absolute Gasteiger partial charge is 0.497 e. The van der Waals surface area contributed by atoms with Crippen molar-refractivity contribution in [3.05, 3.63) is 41.7 Å². The second-order valence-electron chi connectivity index (χ2n) is 12.0. The molecule has 6 nitrogen and oxygen atoms in total. The average Bonchev–Trinajstić information content (AvgIpc) is 2.71. The molecule has 0 fully saturated rings. The Morgan fingerprint density at radius 2 is 1.62 bits per heavy atom. The van der Waals surface area contributed by atoms with Crippen molar-refractivity contribution in [3.8, 4) is 5.75 Å². The molecule has 0 N–H and O–H groups in total. The van der Waals surface area contributed by atoms with Crippen LogP contribution in [-0.4, -0.2) is 53.5 Å². The first-order chi connectivity index (χ1) is 15.5. The van der Waals surface area contributed by atoms with Crippen LogP contribution in [0.4, 0.5) is 0 Å². The first kappa shape index (κ1) is 26.9. The van der Waals surface area contributed by atoms with E-state index in [1.807, 2.05) is 35.4 Å². The molecular weight excluding hydrogens is 466 g/mol. The molecule has 34 heavy (non-hydrogen) atoms. The van der Waals surface area contributed by atoms with Crippen LogP contribution in [-0.2, 0) is 16.6 Å². The Kier molecular flexibility index (Phi) is 7.19. The fourth-order valence-electron chi connectivity index (χ4n) is 4.74. The van der Waals surface area contributed by atoms with Gasteiger partial charge in [0.2, 0.25) is 0 Å². The smallest absolute Gasteiger partial charge is 0.258 e. The van der Waals surface area contributed by atoms with Gasteiger partial charge in [-0.3, -0.25) is 4.99 Å². The van der Waals surface area contributed by atoms with E-state index in [2.05, 4.69) is 61.6 Å². The Balaban J connectivity index is 2.19.